The Morgan fingerprint density at radius 3 is 2.71 bits per heavy atom. The Morgan fingerprint density at radius 2 is 2.00 bits per heavy atom. The topological polar surface area (TPSA) is 48.4 Å². The van der Waals surface area contributed by atoms with Gasteiger partial charge in [0.25, 0.3) is 0 Å². The molecule has 0 bridgehead atoms. The third-order valence-electron chi connectivity index (χ3n) is 2.31. The van der Waals surface area contributed by atoms with Gasteiger partial charge in [-0.1, -0.05) is 0 Å². The second-order valence-electron chi connectivity index (χ2n) is 3.44. The standard InChI is InChI=1S/C12H11F2NO2/c13-10-2-1-9(5-11(10)14)17-7-8-3-4-16-12(8)6-15/h1-5H,6-7,15H2. The van der Waals surface area contributed by atoms with Gasteiger partial charge in [-0.05, 0) is 18.2 Å². The molecule has 0 saturated heterocycles. The van der Waals surface area contributed by atoms with Crippen LogP contribution in [0.25, 0.3) is 0 Å². The average molecular weight is 239 g/mol. The van der Waals surface area contributed by atoms with Crippen LogP contribution in [0.15, 0.2) is 34.9 Å². The number of hydrogen-bond donors (Lipinski definition) is 1. The van der Waals surface area contributed by atoms with Crippen molar-refractivity contribution >= 4 is 0 Å². The fourth-order valence-corrected chi connectivity index (χ4v) is 1.40. The molecule has 0 amide bonds. The SMILES string of the molecule is NCc1occc1COc1ccc(F)c(F)c1. The number of nitrogens with two attached hydrogens (primary N) is 1. The molecule has 5 heteroatoms. The highest BCUT2D eigenvalue weighted by molar-refractivity contribution is 5.24. The van der Waals surface area contributed by atoms with E-state index in [0.29, 0.717) is 5.76 Å². The van der Waals surface area contributed by atoms with Crippen LogP contribution in [-0.2, 0) is 13.2 Å². The monoisotopic (exact) mass is 239 g/mol. The summed E-state index contributed by atoms with van der Waals surface area (Å²) < 4.78 is 36.0. The summed E-state index contributed by atoms with van der Waals surface area (Å²) in [6.45, 7) is 0.470. The first-order chi connectivity index (χ1) is 8.20. The lowest BCUT2D eigenvalue weighted by atomic mass is 10.2. The zero-order chi connectivity index (χ0) is 12.3. The molecule has 90 valence electrons. The average Bonchev–Trinajstić information content (AvgIpc) is 2.78. The lowest BCUT2D eigenvalue weighted by molar-refractivity contribution is 0.299. The molecule has 0 aliphatic heterocycles. The van der Waals surface area contributed by atoms with Gasteiger partial charge in [0.1, 0.15) is 18.1 Å². The predicted molar refractivity (Wildman–Crippen MR) is 57.3 cm³/mol. The summed E-state index contributed by atoms with van der Waals surface area (Å²) >= 11 is 0. The maximum atomic E-state index is 12.9. The molecule has 1 aromatic carbocycles. The normalized spacial score (nSPS) is 10.5. The molecule has 1 heterocycles. The van der Waals surface area contributed by atoms with Crippen LogP contribution in [0.4, 0.5) is 8.78 Å². The van der Waals surface area contributed by atoms with Gasteiger partial charge in [-0.2, -0.15) is 0 Å². The van der Waals surface area contributed by atoms with E-state index in [0.717, 1.165) is 17.7 Å². The zero-order valence-electron chi connectivity index (χ0n) is 8.95. The van der Waals surface area contributed by atoms with Crippen molar-refractivity contribution in [3.63, 3.8) is 0 Å². The summed E-state index contributed by atoms with van der Waals surface area (Å²) in [6, 6.07) is 5.10. The van der Waals surface area contributed by atoms with Crippen molar-refractivity contribution in [2.24, 2.45) is 5.73 Å². The van der Waals surface area contributed by atoms with E-state index < -0.39 is 11.6 Å². The number of rotatable bonds is 4. The summed E-state index contributed by atoms with van der Waals surface area (Å²) in [7, 11) is 0. The van der Waals surface area contributed by atoms with Gasteiger partial charge >= 0.3 is 0 Å². The first-order valence-corrected chi connectivity index (χ1v) is 5.04. The second kappa shape index (κ2) is 4.97. The van der Waals surface area contributed by atoms with Gasteiger partial charge in [0, 0.05) is 11.6 Å². The van der Waals surface area contributed by atoms with Crippen LogP contribution in [0.1, 0.15) is 11.3 Å². The van der Waals surface area contributed by atoms with Gasteiger partial charge in [-0.25, -0.2) is 8.78 Å². The number of ether oxygens (including phenoxy) is 1. The molecule has 3 nitrogen and oxygen atoms in total. The minimum Gasteiger partial charge on any atom is -0.489 e. The highest BCUT2D eigenvalue weighted by Gasteiger charge is 2.07. The van der Waals surface area contributed by atoms with Gasteiger partial charge in [-0.15, -0.1) is 0 Å². The predicted octanol–water partition coefficient (Wildman–Crippen LogP) is 2.60. The molecule has 0 saturated carbocycles. The van der Waals surface area contributed by atoms with Gasteiger partial charge in [0.05, 0.1) is 12.8 Å². The van der Waals surface area contributed by atoms with Crippen molar-refractivity contribution in [2.45, 2.75) is 13.2 Å². The third-order valence-corrected chi connectivity index (χ3v) is 2.31. The van der Waals surface area contributed by atoms with E-state index in [1.165, 1.54) is 12.3 Å². The summed E-state index contributed by atoms with van der Waals surface area (Å²) in [5.74, 6) is -0.960. The van der Waals surface area contributed by atoms with Gasteiger partial charge in [-0.3, -0.25) is 0 Å². The van der Waals surface area contributed by atoms with Crippen molar-refractivity contribution in [3.05, 3.63) is 53.5 Å². The molecule has 2 aromatic rings. The van der Waals surface area contributed by atoms with Gasteiger partial charge in [0.2, 0.25) is 0 Å². The molecule has 0 unspecified atom stereocenters. The fraction of sp³-hybridized carbons (Fsp3) is 0.167. The second-order valence-corrected chi connectivity index (χ2v) is 3.44. The van der Waals surface area contributed by atoms with Crippen LogP contribution in [0.5, 0.6) is 5.75 Å². The van der Waals surface area contributed by atoms with E-state index >= 15 is 0 Å². The molecular weight excluding hydrogens is 228 g/mol. The van der Waals surface area contributed by atoms with Crippen molar-refractivity contribution in [3.8, 4) is 5.75 Å². The van der Waals surface area contributed by atoms with Crippen LogP contribution < -0.4 is 10.5 Å². The largest absolute Gasteiger partial charge is 0.489 e. The molecule has 0 spiro atoms. The third kappa shape index (κ3) is 2.62. The van der Waals surface area contributed by atoms with Crippen molar-refractivity contribution in [1.29, 1.82) is 0 Å². The summed E-state index contributed by atoms with van der Waals surface area (Å²) in [4.78, 5) is 0. The number of benzene rings is 1. The Morgan fingerprint density at radius 1 is 1.18 bits per heavy atom. The van der Waals surface area contributed by atoms with E-state index in [2.05, 4.69) is 0 Å². The van der Waals surface area contributed by atoms with Crippen LogP contribution >= 0.6 is 0 Å². The molecule has 0 aliphatic rings. The molecular formula is C12H11F2NO2. The highest BCUT2D eigenvalue weighted by atomic mass is 19.2. The first kappa shape index (κ1) is 11.6. The van der Waals surface area contributed by atoms with Gasteiger partial charge < -0.3 is 14.9 Å². The van der Waals surface area contributed by atoms with E-state index in [1.807, 2.05) is 0 Å². The van der Waals surface area contributed by atoms with E-state index in [9.17, 15) is 8.78 Å². The molecule has 1 aromatic heterocycles. The Balaban J connectivity index is 2.05. The number of halogens is 2. The molecule has 0 fully saturated rings. The zero-order valence-corrected chi connectivity index (χ0v) is 8.95. The van der Waals surface area contributed by atoms with Crippen LogP contribution in [0, 0.1) is 11.6 Å². The Hall–Kier alpha value is -1.88. The Bertz CT molecular complexity index is 511. The molecule has 0 aliphatic carbocycles. The van der Waals surface area contributed by atoms with Crippen molar-refractivity contribution < 1.29 is 17.9 Å². The fourth-order valence-electron chi connectivity index (χ4n) is 1.40. The molecule has 2 rings (SSSR count). The molecule has 17 heavy (non-hydrogen) atoms. The summed E-state index contributed by atoms with van der Waals surface area (Å²) in [5.41, 5.74) is 6.24. The van der Waals surface area contributed by atoms with Gasteiger partial charge in [0.15, 0.2) is 11.6 Å². The Labute approximate surface area is 96.8 Å². The molecule has 0 radical (unpaired) electrons. The lowest BCUT2D eigenvalue weighted by Gasteiger charge is -2.06. The summed E-state index contributed by atoms with van der Waals surface area (Å²) in [6.07, 6.45) is 1.51. The molecule has 0 atom stereocenters. The van der Waals surface area contributed by atoms with E-state index in [-0.39, 0.29) is 18.9 Å². The minimum absolute atomic E-state index is 0.202. The maximum Gasteiger partial charge on any atom is 0.162 e. The van der Waals surface area contributed by atoms with E-state index in [4.69, 9.17) is 14.9 Å². The van der Waals surface area contributed by atoms with Crippen molar-refractivity contribution in [1.82, 2.24) is 0 Å². The minimum atomic E-state index is -0.936. The quantitative estimate of drug-likeness (QED) is 0.892. The number of furan rings is 1. The lowest BCUT2D eigenvalue weighted by Crippen LogP contribution is -2.02. The van der Waals surface area contributed by atoms with E-state index in [1.54, 1.807) is 6.07 Å². The maximum absolute atomic E-state index is 12.9. The van der Waals surface area contributed by atoms with Crippen LogP contribution in [-0.4, -0.2) is 0 Å². The smallest absolute Gasteiger partial charge is 0.162 e. The van der Waals surface area contributed by atoms with Crippen LogP contribution in [0.2, 0.25) is 0 Å². The summed E-state index contributed by atoms with van der Waals surface area (Å²) in [5, 5.41) is 0. The Kier molecular flexibility index (Phi) is 3.39. The van der Waals surface area contributed by atoms with Crippen molar-refractivity contribution in [2.75, 3.05) is 0 Å². The van der Waals surface area contributed by atoms with Crippen LogP contribution in [0.3, 0.4) is 0 Å². The molecule has 2 N–H and O–H groups in total. The first-order valence-electron chi connectivity index (χ1n) is 5.04. The highest BCUT2D eigenvalue weighted by Crippen LogP contribution is 2.18. The number of hydrogen-bond acceptors (Lipinski definition) is 3.